The molecule has 1 heterocycles. The third-order valence-electron chi connectivity index (χ3n) is 2.89. The van der Waals surface area contributed by atoms with E-state index in [1.54, 1.807) is 42.6 Å². The summed E-state index contributed by atoms with van der Waals surface area (Å²) in [6.07, 6.45) is 2.05. The van der Waals surface area contributed by atoms with Crippen LogP contribution in [0, 0.1) is 6.92 Å². The van der Waals surface area contributed by atoms with E-state index in [1.807, 2.05) is 6.92 Å². The summed E-state index contributed by atoms with van der Waals surface area (Å²) in [6.45, 7) is 1.85. The minimum Gasteiger partial charge on any atom is -0.508 e. The molecule has 0 fully saturated rings. The Kier molecular flexibility index (Phi) is 4.32. The predicted octanol–water partition coefficient (Wildman–Crippen LogP) is 1.60. The number of phenols is 1. The van der Waals surface area contributed by atoms with Gasteiger partial charge in [-0.25, -0.2) is 0 Å². The van der Waals surface area contributed by atoms with Crippen molar-refractivity contribution in [2.75, 3.05) is 5.32 Å². The number of aryl methyl sites for hydroxylation is 1. The van der Waals surface area contributed by atoms with Crippen molar-refractivity contribution in [1.29, 1.82) is 0 Å². The van der Waals surface area contributed by atoms with Crippen LogP contribution < -0.4 is 11.1 Å². The van der Waals surface area contributed by atoms with Crippen molar-refractivity contribution in [3.05, 3.63) is 53.9 Å². The Morgan fingerprint density at radius 2 is 2.05 bits per heavy atom. The maximum absolute atomic E-state index is 12.0. The van der Waals surface area contributed by atoms with Gasteiger partial charge in [0.05, 0.1) is 6.04 Å². The van der Waals surface area contributed by atoms with Gasteiger partial charge in [0.1, 0.15) is 5.75 Å². The lowest BCUT2D eigenvalue weighted by molar-refractivity contribution is -0.117. The van der Waals surface area contributed by atoms with Crippen LogP contribution in [0.15, 0.2) is 42.6 Å². The second kappa shape index (κ2) is 6.16. The molecule has 1 amide bonds. The van der Waals surface area contributed by atoms with Gasteiger partial charge < -0.3 is 16.2 Å². The Balaban J connectivity index is 1.96. The molecule has 20 heavy (non-hydrogen) atoms. The van der Waals surface area contributed by atoms with Gasteiger partial charge in [-0.1, -0.05) is 12.1 Å². The molecule has 1 atom stereocenters. The van der Waals surface area contributed by atoms with E-state index in [-0.39, 0.29) is 11.7 Å². The first kappa shape index (κ1) is 14.0. The molecule has 4 N–H and O–H groups in total. The maximum Gasteiger partial charge on any atom is 0.241 e. The number of nitrogens with one attached hydrogen (secondary N) is 1. The van der Waals surface area contributed by atoms with Crippen LogP contribution in [0.25, 0.3) is 0 Å². The number of anilines is 1. The number of rotatable bonds is 4. The highest BCUT2D eigenvalue weighted by Gasteiger charge is 2.14. The number of pyridine rings is 1. The number of carbonyl (C=O) groups excluding carboxylic acids is 1. The average molecular weight is 271 g/mol. The summed E-state index contributed by atoms with van der Waals surface area (Å²) in [4.78, 5) is 16.1. The Labute approximate surface area is 117 Å². The van der Waals surface area contributed by atoms with Crippen LogP contribution in [-0.2, 0) is 11.2 Å². The van der Waals surface area contributed by atoms with Gasteiger partial charge in [0, 0.05) is 17.6 Å². The second-order valence-corrected chi connectivity index (χ2v) is 4.65. The molecule has 0 radical (unpaired) electrons. The van der Waals surface area contributed by atoms with Crippen molar-refractivity contribution in [3.63, 3.8) is 0 Å². The van der Waals surface area contributed by atoms with Gasteiger partial charge in [0.15, 0.2) is 0 Å². The van der Waals surface area contributed by atoms with Gasteiger partial charge in [0.25, 0.3) is 0 Å². The van der Waals surface area contributed by atoms with Gasteiger partial charge in [0.2, 0.25) is 5.91 Å². The summed E-state index contributed by atoms with van der Waals surface area (Å²) >= 11 is 0. The van der Waals surface area contributed by atoms with Crippen molar-refractivity contribution in [2.24, 2.45) is 5.73 Å². The first-order valence-electron chi connectivity index (χ1n) is 6.31. The van der Waals surface area contributed by atoms with Crippen LogP contribution in [0.2, 0.25) is 0 Å². The van der Waals surface area contributed by atoms with Gasteiger partial charge >= 0.3 is 0 Å². The lowest BCUT2D eigenvalue weighted by Crippen LogP contribution is -2.37. The first-order chi connectivity index (χ1) is 9.54. The van der Waals surface area contributed by atoms with Crippen molar-refractivity contribution in [3.8, 4) is 5.75 Å². The Hall–Kier alpha value is -2.40. The average Bonchev–Trinajstić information content (AvgIpc) is 2.41. The van der Waals surface area contributed by atoms with Gasteiger partial charge in [-0.2, -0.15) is 0 Å². The molecule has 0 aliphatic carbocycles. The van der Waals surface area contributed by atoms with Gasteiger partial charge in [-0.15, -0.1) is 0 Å². The fourth-order valence-electron chi connectivity index (χ4n) is 1.84. The number of aromatic hydroxyl groups is 1. The van der Waals surface area contributed by atoms with Crippen molar-refractivity contribution in [2.45, 2.75) is 19.4 Å². The van der Waals surface area contributed by atoms with Crippen LogP contribution >= 0.6 is 0 Å². The largest absolute Gasteiger partial charge is 0.508 e. The van der Waals surface area contributed by atoms with Crippen molar-refractivity contribution >= 4 is 11.6 Å². The number of amides is 1. The molecule has 1 aromatic carbocycles. The molecule has 0 bridgehead atoms. The van der Waals surface area contributed by atoms with Crippen LogP contribution in [0.3, 0.4) is 0 Å². The SMILES string of the molecule is Cc1cc(NC(=O)C(N)Cc2ccc(O)cc2)ccn1. The standard InChI is InChI=1S/C15H17N3O2/c1-10-8-12(6-7-17-10)18-15(20)14(16)9-11-2-4-13(19)5-3-11/h2-8,14,19H,9,16H2,1H3,(H,17,18,20). The zero-order chi connectivity index (χ0) is 14.5. The molecule has 5 nitrogen and oxygen atoms in total. The molecule has 0 aliphatic heterocycles. The first-order valence-corrected chi connectivity index (χ1v) is 6.31. The molecule has 0 spiro atoms. The number of nitrogens with zero attached hydrogens (tertiary/aromatic N) is 1. The van der Waals surface area contributed by atoms with Crippen molar-refractivity contribution in [1.82, 2.24) is 4.98 Å². The number of hydrogen-bond donors (Lipinski definition) is 3. The summed E-state index contributed by atoms with van der Waals surface area (Å²) in [5, 5.41) is 12.0. The number of carbonyl (C=O) groups is 1. The lowest BCUT2D eigenvalue weighted by Gasteiger charge is -2.12. The molecular formula is C15H17N3O2. The van der Waals surface area contributed by atoms with E-state index in [2.05, 4.69) is 10.3 Å². The van der Waals surface area contributed by atoms with Gasteiger partial charge in [-0.05, 0) is 43.2 Å². The Morgan fingerprint density at radius 1 is 1.35 bits per heavy atom. The minimum absolute atomic E-state index is 0.194. The summed E-state index contributed by atoms with van der Waals surface area (Å²) in [6, 6.07) is 9.51. The predicted molar refractivity (Wildman–Crippen MR) is 77.4 cm³/mol. The van der Waals surface area contributed by atoms with Crippen LogP contribution in [0.5, 0.6) is 5.75 Å². The zero-order valence-corrected chi connectivity index (χ0v) is 11.2. The topological polar surface area (TPSA) is 88.2 Å². The van der Waals surface area contributed by atoms with E-state index in [1.165, 1.54) is 0 Å². The van der Waals surface area contributed by atoms with Gasteiger partial charge in [-0.3, -0.25) is 9.78 Å². The molecule has 2 aromatic rings. The molecule has 0 saturated carbocycles. The molecule has 1 aromatic heterocycles. The summed E-state index contributed by atoms with van der Waals surface area (Å²) < 4.78 is 0. The number of aromatic nitrogens is 1. The number of benzene rings is 1. The highest BCUT2D eigenvalue weighted by molar-refractivity contribution is 5.94. The quantitative estimate of drug-likeness (QED) is 0.788. The summed E-state index contributed by atoms with van der Waals surface area (Å²) in [7, 11) is 0. The van der Waals surface area contributed by atoms with E-state index in [9.17, 15) is 9.90 Å². The molecule has 1 unspecified atom stereocenters. The highest BCUT2D eigenvalue weighted by Crippen LogP contribution is 2.12. The number of nitrogens with two attached hydrogens (primary N) is 1. The lowest BCUT2D eigenvalue weighted by atomic mass is 10.1. The van der Waals surface area contributed by atoms with E-state index in [4.69, 9.17) is 5.73 Å². The third kappa shape index (κ3) is 3.80. The molecule has 5 heteroatoms. The normalized spacial score (nSPS) is 11.9. The molecule has 104 valence electrons. The maximum atomic E-state index is 12.0. The fourth-order valence-corrected chi connectivity index (χ4v) is 1.84. The van der Waals surface area contributed by atoms with E-state index in [0.29, 0.717) is 12.1 Å². The monoisotopic (exact) mass is 271 g/mol. The highest BCUT2D eigenvalue weighted by atomic mass is 16.3. The Bertz CT molecular complexity index is 596. The molecule has 2 rings (SSSR count). The van der Waals surface area contributed by atoms with Crippen LogP contribution in [0.1, 0.15) is 11.3 Å². The van der Waals surface area contributed by atoms with E-state index >= 15 is 0 Å². The Morgan fingerprint density at radius 3 is 2.70 bits per heavy atom. The summed E-state index contributed by atoms with van der Waals surface area (Å²) in [5.74, 6) is -0.0530. The van der Waals surface area contributed by atoms with E-state index < -0.39 is 6.04 Å². The van der Waals surface area contributed by atoms with E-state index in [0.717, 1.165) is 11.3 Å². The molecule has 0 aliphatic rings. The van der Waals surface area contributed by atoms with Crippen LogP contribution in [0.4, 0.5) is 5.69 Å². The number of hydrogen-bond acceptors (Lipinski definition) is 4. The van der Waals surface area contributed by atoms with Crippen molar-refractivity contribution < 1.29 is 9.90 Å². The summed E-state index contributed by atoms with van der Waals surface area (Å²) in [5.41, 5.74) is 8.29. The molecule has 0 saturated heterocycles. The minimum atomic E-state index is -0.645. The smallest absolute Gasteiger partial charge is 0.241 e. The molecular weight excluding hydrogens is 254 g/mol. The second-order valence-electron chi connectivity index (χ2n) is 4.65. The zero-order valence-electron chi connectivity index (χ0n) is 11.2. The van der Waals surface area contributed by atoms with Crippen LogP contribution in [-0.4, -0.2) is 22.0 Å². The third-order valence-corrected chi connectivity index (χ3v) is 2.89. The number of phenolic OH excluding ortho intramolecular Hbond substituents is 1. The fraction of sp³-hybridized carbons (Fsp3) is 0.200.